The van der Waals surface area contributed by atoms with Gasteiger partial charge in [-0.15, -0.1) is 0 Å². The van der Waals surface area contributed by atoms with Crippen LogP contribution in [0.1, 0.15) is 57.1 Å². The molecule has 0 radical (unpaired) electrons. The Kier molecular flexibility index (Phi) is 4.52. The number of likely N-dealkylation sites (N-methyl/N-ethyl adjacent to an activating group) is 1. The summed E-state index contributed by atoms with van der Waals surface area (Å²) in [5.74, 6) is 0.109. The molecule has 2 N–H and O–H groups in total. The van der Waals surface area contributed by atoms with Crippen molar-refractivity contribution in [2.75, 3.05) is 11.9 Å². The molecule has 1 heterocycles. The van der Waals surface area contributed by atoms with Crippen LogP contribution in [0, 0.1) is 0 Å². The van der Waals surface area contributed by atoms with Gasteiger partial charge in [-0.05, 0) is 43.9 Å². The van der Waals surface area contributed by atoms with E-state index in [1.54, 1.807) is 4.90 Å². The molecule has 1 fully saturated rings. The fourth-order valence-corrected chi connectivity index (χ4v) is 3.80. The second kappa shape index (κ2) is 6.46. The molecule has 0 spiro atoms. The Labute approximate surface area is 143 Å². The van der Waals surface area contributed by atoms with Crippen LogP contribution in [0.15, 0.2) is 18.2 Å². The molecule has 0 unspecified atom stereocenters. The maximum Gasteiger partial charge on any atom is 0.315 e. The first-order chi connectivity index (χ1) is 11.4. The monoisotopic (exact) mass is 329 g/mol. The molecule has 5 heteroatoms. The van der Waals surface area contributed by atoms with Gasteiger partial charge in [0.15, 0.2) is 0 Å². The van der Waals surface area contributed by atoms with Crippen molar-refractivity contribution in [2.24, 2.45) is 0 Å². The molecule has 1 saturated carbocycles. The zero-order chi connectivity index (χ0) is 17.3. The molecule has 5 nitrogen and oxygen atoms in total. The number of carbonyl (C=O) groups excluding carboxylic acids is 2. The first kappa shape index (κ1) is 16.8. The van der Waals surface area contributed by atoms with Gasteiger partial charge in [0, 0.05) is 25.3 Å². The zero-order valence-electron chi connectivity index (χ0n) is 14.8. The van der Waals surface area contributed by atoms with E-state index in [0.717, 1.165) is 29.7 Å². The Morgan fingerprint density at radius 3 is 2.67 bits per heavy atom. The molecule has 3 amide bonds. The topological polar surface area (TPSA) is 61.4 Å². The Morgan fingerprint density at radius 2 is 1.96 bits per heavy atom. The van der Waals surface area contributed by atoms with Gasteiger partial charge in [0.1, 0.15) is 0 Å². The van der Waals surface area contributed by atoms with Gasteiger partial charge in [0.25, 0.3) is 0 Å². The summed E-state index contributed by atoms with van der Waals surface area (Å²) in [4.78, 5) is 26.1. The van der Waals surface area contributed by atoms with Crippen molar-refractivity contribution in [1.29, 1.82) is 0 Å². The number of benzene rings is 1. The van der Waals surface area contributed by atoms with Crippen molar-refractivity contribution < 1.29 is 9.59 Å². The van der Waals surface area contributed by atoms with Crippen molar-refractivity contribution >= 4 is 17.6 Å². The quantitative estimate of drug-likeness (QED) is 0.895. The summed E-state index contributed by atoms with van der Waals surface area (Å²) >= 11 is 0. The van der Waals surface area contributed by atoms with Crippen LogP contribution in [0.3, 0.4) is 0 Å². The number of nitrogens with one attached hydrogen (secondary N) is 2. The van der Waals surface area contributed by atoms with E-state index in [1.165, 1.54) is 19.3 Å². The van der Waals surface area contributed by atoms with E-state index in [9.17, 15) is 9.59 Å². The van der Waals surface area contributed by atoms with Gasteiger partial charge in [-0.3, -0.25) is 4.79 Å². The highest BCUT2D eigenvalue weighted by atomic mass is 16.2. The Morgan fingerprint density at radius 1 is 1.25 bits per heavy atom. The summed E-state index contributed by atoms with van der Waals surface area (Å²) < 4.78 is 0. The zero-order valence-corrected chi connectivity index (χ0v) is 14.8. The second-order valence-electron chi connectivity index (χ2n) is 7.50. The summed E-state index contributed by atoms with van der Waals surface area (Å²) in [7, 11) is 1.81. The lowest BCUT2D eigenvalue weighted by Crippen LogP contribution is -2.42. The van der Waals surface area contributed by atoms with Gasteiger partial charge in [-0.25, -0.2) is 4.79 Å². The summed E-state index contributed by atoms with van der Waals surface area (Å²) in [5, 5.41) is 6.00. The summed E-state index contributed by atoms with van der Waals surface area (Å²) in [6.07, 6.45) is 5.83. The van der Waals surface area contributed by atoms with Crippen LogP contribution >= 0.6 is 0 Å². The highest BCUT2D eigenvalue weighted by Gasteiger charge is 2.42. The number of nitrogens with zero attached hydrogens (tertiary/aromatic N) is 1. The lowest BCUT2D eigenvalue weighted by Gasteiger charge is -2.23. The van der Waals surface area contributed by atoms with Crippen molar-refractivity contribution in [3.63, 3.8) is 0 Å². The molecule has 0 bridgehead atoms. The highest BCUT2D eigenvalue weighted by molar-refractivity contribution is 6.07. The van der Waals surface area contributed by atoms with Crippen LogP contribution in [0.5, 0.6) is 0 Å². The van der Waals surface area contributed by atoms with Crippen LogP contribution in [0.25, 0.3) is 0 Å². The smallest absolute Gasteiger partial charge is 0.315 e. The molecule has 1 aliphatic carbocycles. The van der Waals surface area contributed by atoms with Gasteiger partial charge < -0.3 is 15.5 Å². The molecule has 0 saturated heterocycles. The van der Waals surface area contributed by atoms with Crippen molar-refractivity contribution in [3.05, 3.63) is 29.3 Å². The van der Waals surface area contributed by atoms with Gasteiger partial charge in [0.05, 0.1) is 5.41 Å². The minimum absolute atomic E-state index is 0.102. The van der Waals surface area contributed by atoms with Crippen LogP contribution in [0.2, 0.25) is 0 Å². The number of hydrogen-bond acceptors (Lipinski definition) is 2. The number of urea groups is 1. The van der Waals surface area contributed by atoms with Crippen LogP contribution in [-0.2, 0) is 16.8 Å². The average molecular weight is 329 g/mol. The van der Waals surface area contributed by atoms with Gasteiger partial charge in [0.2, 0.25) is 5.91 Å². The Bertz CT molecular complexity index is 648. The number of rotatable bonds is 3. The van der Waals surface area contributed by atoms with Crippen molar-refractivity contribution in [1.82, 2.24) is 10.6 Å². The standard InChI is InChI=1S/C19H27N3O2/c1-19(2)15-11-13(9-10-16(15)22(3)17(19)23)12-20-18(24)21-14-7-5-4-6-8-14/h9-11,14H,4-8,12H2,1-3H3,(H2,20,21,24). The molecule has 24 heavy (non-hydrogen) atoms. The summed E-state index contributed by atoms with van der Waals surface area (Å²) in [6.45, 7) is 4.37. The maximum absolute atomic E-state index is 12.3. The second-order valence-corrected chi connectivity index (χ2v) is 7.50. The third-order valence-electron chi connectivity index (χ3n) is 5.33. The summed E-state index contributed by atoms with van der Waals surface area (Å²) in [6, 6.07) is 6.19. The minimum Gasteiger partial charge on any atom is -0.335 e. The van der Waals surface area contributed by atoms with E-state index in [4.69, 9.17) is 0 Å². The Balaban J connectivity index is 1.62. The number of hydrogen-bond donors (Lipinski definition) is 2. The fourth-order valence-electron chi connectivity index (χ4n) is 3.80. The van der Waals surface area contributed by atoms with Crippen molar-refractivity contribution in [3.8, 4) is 0 Å². The SMILES string of the molecule is CN1C(=O)C(C)(C)c2cc(CNC(=O)NC3CCCCC3)ccc21. The van der Waals surface area contributed by atoms with Gasteiger partial charge >= 0.3 is 6.03 Å². The number of amides is 3. The Hall–Kier alpha value is -2.04. The number of carbonyl (C=O) groups is 2. The first-order valence-electron chi connectivity index (χ1n) is 8.85. The lowest BCUT2D eigenvalue weighted by atomic mass is 9.85. The van der Waals surface area contributed by atoms with Crippen molar-refractivity contribution in [2.45, 2.75) is 64.0 Å². The van der Waals surface area contributed by atoms with Crippen LogP contribution in [-0.4, -0.2) is 25.0 Å². The molecular weight excluding hydrogens is 302 g/mol. The molecule has 0 atom stereocenters. The average Bonchev–Trinajstić information content (AvgIpc) is 2.75. The normalized spacial score (nSPS) is 20.0. The molecule has 1 aromatic rings. The van der Waals surface area contributed by atoms with E-state index >= 15 is 0 Å². The predicted molar refractivity (Wildman–Crippen MR) is 95.1 cm³/mol. The van der Waals surface area contributed by atoms with Crippen LogP contribution < -0.4 is 15.5 Å². The molecule has 1 aliphatic heterocycles. The van der Waals surface area contributed by atoms with Gasteiger partial charge in [-0.2, -0.15) is 0 Å². The molecule has 2 aliphatic rings. The third-order valence-corrected chi connectivity index (χ3v) is 5.33. The minimum atomic E-state index is -0.509. The van der Waals surface area contributed by atoms with Crippen LogP contribution in [0.4, 0.5) is 10.5 Å². The number of anilines is 1. The molecule has 1 aromatic carbocycles. The first-order valence-corrected chi connectivity index (χ1v) is 8.85. The molecule has 3 rings (SSSR count). The van der Waals surface area contributed by atoms with E-state index in [1.807, 2.05) is 39.1 Å². The largest absolute Gasteiger partial charge is 0.335 e. The van der Waals surface area contributed by atoms with E-state index in [-0.39, 0.29) is 11.9 Å². The maximum atomic E-state index is 12.3. The molecule has 130 valence electrons. The van der Waals surface area contributed by atoms with E-state index in [2.05, 4.69) is 10.6 Å². The molecular formula is C19H27N3O2. The third kappa shape index (κ3) is 3.12. The molecule has 0 aromatic heterocycles. The fraction of sp³-hybridized carbons (Fsp3) is 0.579. The van der Waals surface area contributed by atoms with E-state index < -0.39 is 5.41 Å². The number of fused-ring (bicyclic) bond motifs is 1. The summed E-state index contributed by atoms with van der Waals surface area (Å²) in [5.41, 5.74) is 2.50. The predicted octanol–water partition coefficient (Wildman–Crippen LogP) is 3.07. The van der Waals surface area contributed by atoms with E-state index in [0.29, 0.717) is 12.6 Å². The highest BCUT2D eigenvalue weighted by Crippen LogP contribution is 2.40. The van der Waals surface area contributed by atoms with Gasteiger partial charge in [-0.1, -0.05) is 31.4 Å². The lowest BCUT2D eigenvalue weighted by molar-refractivity contribution is -0.121.